The fourth-order valence-corrected chi connectivity index (χ4v) is 3.87. The number of nitrogens with one attached hydrogen (secondary N) is 1. The average Bonchev–Trinajstić information content (AvgIpc) is 2.97. The van der Waals surface area contributed by atoms with Crippen molar-refractivity contribution in [1.29, 1.82) is 0 Å². The number of carbonyl (C=O) groups is 1. The highest BCUT2D eigenvalue weighted by molar-refractivity contribution is 14.1. The Hall–Kier alpha value is -1.88. The quantitative estimate of drug-likeness (QED) is 0.238. The van der Waals surface area contributed by atoms with Crippen LogP contribution >= 0.6 is 45.2 Å². The monoisotopic (exact) mass is 613 g/mol. The van der Waals surface area contributed by atoms with Gasteiger partial charge < -0.3 is 9.30 Å². The molecule has 0 radical (unpaired) electrons. The van der Waals surface area contributed by atoms with Gasteiger partial charge in [-0.1, -0.05) is 12.1 Å². The van der Waals surface area contributed by atoms with Gasteiger partial charge in [-0.25, -0.2) is 5.43 Å². The molecule has 3 rings (SSSR count). The smallest absolute Gasteiger partial charge is 0.277 e. The lowest BCUT2D eigenvalue weighted by atomic mass is 10.2. The van der Waals surface area contributed by atoms with Crippen molar-refractivity contribution in [2.75, 3.05) is 6.61 Å². The predicted molar refractivity (Wildman–Crippen MR) is 133 cm³/mol. The molecule has 0 aliphatic heterocycles. The van der Waals surface area contributed by atoms with Gasteiger partial charge in [0.15, 0.2) is 6.61 Å². The number of hydrogen-bond acceptors (Lipinski definition) is 3. The SMILES string of the molecule is Cc1cc(-n2c(C)cc(/C=N\NC(=O)COc3ccccc3I)c2C)ccc1I. The van der Waals surface area contributed by atoms with Crippen LogP contribution < -0.4 is 10.2 Å². The first-order valence-electron chi connectivity index (χ1n) is 9.01. The van der Waals surface area contributed by atoms with Crippen LogP contribution in [0.15, 0.2) is 53.6 Å². The van der Waals surface area contributed by atoms with Crippen LogP contribution in [0.2, 0.25) is 0 Å². The highest BCUT2D eigenvalue weighted by Gasteiger charge is 2.10. The van der Waals surface area contributed by atoms with E-state index in [-0.39, 0.29) is 12.5 Å². The maximum atomic E-state index is 12.0. The van der Waals surface area contributed by atoms with Crippen molar-refractivity contribution in [2.45, 2.75) is 20.8 Å². The Bertz CT molecular complexity index is 1070. The number of aryl methyl sites for hydroxylation is 2. The average molecular weight is 613 g/mol. The zero-order chi connectivity index (χ0) is 21.0. The number of nitrogens with zero attached hydrogens (tertiary/aromatic N) is 2. The second kappa shape index (κ2) is 9.75. The van der Waals surface area contributed by atoms with Crippen LogP contribution in [0.25, 0.3) is 5.69 Å². The van der Waals surface area contributed by atoms with E-state index in [9.17, 15) is 4.79 Å². The van der Waals surface area contributed by atoms with Crippen LogP contribution in [0.4, 0.5) is 0 Å². The molecule has 0 aliphatic rings. The van der Waals surface area contributed by atoms with Crippen LogP contribution in [0.5, 0.6) is 5.75 Å². The maximum Gasteiger partial charge on any atom is 0.277 e. The summed E-state index contributed by atoms with van der Waals surface area (Å²) in [5, 5.41) is 4.10. The second-order valence-corrected chi connectivity index (χ2v) is 8.93. The largest absolute Gasteiger partial charge is 0.483 e. The molecule has 2 aromatic carbocycles. The fraction of sp³-hybridized carbons (Fsp3) is 0.182. The number of rotatable bonds is 6. The summed E-state index contributed by atoms with van der Waals surface area (Å²) in [6, 6.07) is 16.0. The Morgan fingerprint density at radius 3 is 2.59 bits per heavy atom. The predicted octanol–water partition coefficient (Wildman–Crippen LogP) is 5.14. The summed E-state index contributed by atoms with van der Waals surface area (Å²) in [4.78, 5) is 12.0. The highest BCUT2D eigenvalue weighted by atomic mass is 127. The molecule has 1 aromatic heterocycles. The summed E-state index contributed by atoms with van der Waals surface area (Å²) >= 11 is 4.51. The Balaban J connectivity index is 1.66. The van der Waals surface area contributed by atoms with Crippen molar-refractivity contribution < 1.29 is 9.53 Å². The van der Waals surface area contributed by atoms with Gasteiger partial charge in [-0.2, -0.15) is 5.10 Å². The van der Waals surface area contributed by atoms with Crippen molar-refractivity contribution >= 4 is 57.3 Å². The summed E-state index contributed by atoms with van der Waals surface area (Å²) < 4.78 is 9.92. The molecule has 0 saturated carbocycles. The molecule has 3 aromatic rings. The van der Waals surface area contributed by atoms with Gasteiger partial charge in [0.05, 0.1) is 9.78 Å². The van der Waals surface area contributed by atoms with Gasteiger partial charge >= 0.3 is 0 Å². The molecule has 0 saturated heterocycles. The first-order chi connectivity index (χ1) is 13.9. The van der Waals surface area contributed by atoms with Crippen LogP contribution in [-0.4, -0.2) is 23.3 Å². The molecule has 1 heterocycles. The van der Waals surface area contributed by atoms with Crippen molar-refractivity contribution in [3.63, 3.8) is 0 Å². The zero-order valence-corrected chi connectivity index (χ0v) is 20.7. The van der Waals surface area contributed by atoms with Crippen LogP contribution in [0.1, 0.15) is 22.5 Å². The third-order valence-electron chi connectivity index (χ3n) is 4.46. The summed E-state index contributed by atoms with van der Waals surface area (Å²) in [5.74, 6) is 0.381. The van der Waals surface area contributed by atoms with Crippen LogP contribution in [0, 0.1) is 27.9 Å². The normalized spacial score (nSPS) is 11.1. The van der Waals surface area contributed by atoms with E-state index in [1.807, 2.05) is 31.2 Å². The van der Waals surface area contributed by atoms with Gasteiger partial charge in [0.2, 0.25) is 0 Å². The summed E-state index contributed by atoms with van der Waals surface area (Å²) in [6.07, 6.45) is 1.67. The summed E-state index contributed by atoms with van der Waals surface area (Å²) in [7, 11) is 0. The van der Waals surface area contributed by atoms with Gasteiger partial charge in [0.25, 0.3) is 5.91 Å². The molecule has 150 valence electrons. The lowest BCUT2D eigenvalue weighted by Gasteiger charge is -2.11. The third kappa shape index (κ3) is 5.39. The Morgan fingerprint density at radius 2 is 1.86 bits per heavy atom. The molecular formula is C22H21I2N3O2. The highest BCUT2D eigenvalue weighted by Crippen LogP contribution is 2.23. The molecule has 1 amide bonds. The van der Waals surface area contributed by atoms with E-state index in [1.54, 1.807) is 6.21 Å². The van der Waals surface area contributed by atoms with Crippen LogP contribution in [0.3, 0.4) is 0 Å². The van der Waals surface area contributed by atoms with E-state index in [2.05, 4.69) is 98.4 Å². The Morgan fingerprint density at radius 1 is 1.10 bits per heavy atom. The second-order valence-electron chi connectivity index (χ2n) is 6.61. The molecule has 0 aliphatic carbocycles. The van der Waals surface area contributed by atoms with E-state index in [0.717, 1.165) is 26.2 Å². The van der Waals surface area contributed by atoms with E-state index in [0.29, 0.717) is 5.75 Å². The molecule has 0 spiro atoms. The molecule has 0 fully saturated rings. The number of aromatic nitrogens is 1. The molecular weight excluding hydrogens is 592 g/mol. The summed E-state index contributed by atoms with van der Waals surface area (Å²) in [6.45, 7) is 6.13. The minimum Gasteiger partial charge on any atom is -0.483 e. The van der Waals surface area contributed by atoms with Gasteiger partial charge in [0.1, 0.15) is 5.75 Å². The number of hydrazone groups is 1. The number of hydrogen-bond donors (Lipinski definition) is 1. The molecule has 0 bridgehead atoms. The number of ether oxygens (including phenoxy) is 1. The lowest BCUT2D eigenvalue weighted by molar-refractivity contribution is -0.123. The fourth-order valence-electron chi connectivity index (χ4n) is 2.99. The van der Waals surface area contributed by atoms with E-state index >= 15 is 0 Å². The van der Waals surface area contributed by atoms with E-state index in [1.165, 1.54) is 9.13 Å². The molecule has 0 unspecified atom stereocenters. The molecule has 29 heavy (non-hydrogen) atoms. The van der Waals surface area contributed by atoms with Crippen molar-refractivity contribution in [3.05, 3.63) is 78.2 Å². The maximum absolute atomic E-state index is 12.0. The first kappa shape index (κ1) is 21.8. The molecule has 1 N–H and O–H groups in total. The standard InChI is InChI=1S/C22H21I2N3O2/c1-14-10-18(8-9-19(14)23)27-15(2)11-17(16(27)3)12-25-26-22(28)13-29-21-7-5-4-6-20(21)24/h4-12H,13H2,1-3H3,(H,26,28)/b25-12-. The number of carbonyl (C=O) groups excluding carboxylic acids is 1. The number of benzene rings is 2. The third-order valence-corrected chi connectivity index (χ3v) is 6.56. The zero-order valence-electron chi connectivity index (χ0n) is 16.4. The molecule has 5 nitrogen and oxygen atoms in total. The van der Waals surface area contributed by atoms with Gasteiger partial charge in [-0.05, 0) is 108 Å². The van der Waals surface area contributed by atoms with Crippen LogP contribution in [-0.2, 0) is 4.79 Å². The lowest BCUT2D eigenvalue weighted by Crippen LogP contribution is -2.24. The number of halogens is 2. The Kier molecular flexibility index (Phi) is 7.33. The van der Waals surface area contributed by atoms with E-state index < -0.39 is 0 Å². The van der Waals surface area contributed by atoms with Crippen molar-refractivity contribution in [2.24, 2.45) is 5.10 Å². The van der Waals surface area contributed by atoms with Crippen molar-refractivity contribution in [1.82, 2.24) is 9.99 Å². The van der Waals surface area contributed by atoms with Gasteiger partial charge in [0, 0.05) is 26.2 Å². The summed E-state index contributed by atoms with van der Waals surface area (Å²) in [5.41, 5.74) is 8.02. The van der Waals surface area contributed by atoms with Gasteiger partial charge in [-0.3, -0.25) is 4.79 Å². The minimum atomic E-state index is -0.303. The minimum absolute atomic E-state index is 0.0850. The van der Waals surface area contributed by atoms with E-state index in [4.69, 9.17) is 4.74 Å². The number of amides is 1. The molecule has 7 heteroatoms. The first-order valence-corrected chi connectivity index (χ1v) is 11.2. The number of para-hydroxylation sites is 1. The van der Waals surface area contributed by atoms with Crippen molar-refractivity contribution in [3.8, 4) is 11.4 Å². The Labute approximate surface area is 197 Å². The molecule has 0 atom stereocenters. The topological polar surface area (TPSA) is 55.6 Å². The van der Waals surface area contributed by atoms with Gasteiger partial charge in [-0.15, -0.1) is 0 Å².